The molecule has 3 aromatic rings. The Hall–Kier alpha value is -3.23. The number of carbonyl (C=O) groups excluding carboxylic acids is 1. The van der Waals surface area contributed by atoms with Crippen LogP contribution in [-0.2, 0) is 15.1 Å². The van der Waals surface area contributed by atoms with Gasteiger partial charge in [0.05, 0.1) is 11.8 Å². The minimum Gasteiger partial charge on any atom is -0.444 e. The predicted octanol–water partition coefficient (Wildman–Crippen LogP) is 6.25. The Labute approximate surface area is 236 Å². The van der Waals surface area contributed by atoms with E-state index in [1.54, 1.807) is 23.5 Å². The number of aromatic nitrogens is 2. The lowest BCUT2D eigenvalue weighted by Crippen LogP contribution is -2.66. The number of ether oxygens (including phenoxy) is 2. The largest absolute Gasteiger partial charge is 0.444 e. The maximum Gasteiger partial charge on any atom is 0.410 e. The molecule has 0 unspecified atom stereocenters. The molecule has 1 N–H and O–H groups in total. The van der Waals surface area contributed by atoms with Gasteiger partial charge < -0.3 is 23.9 Å². The van der Waals surface area contributed by atoms with Gasteiger partial charge in [-0.05, 0) is 56.7 Å². The Morgan fingerprint density at radius 1 is 1.07 bits per heavy atom. The van der Waals surface area contributed by atoms with Crippen LogP contribution in [0, 0.1) is 5.41 Å². The zero-order valence-corrected chi connectivity index (χ0v) is 24.4. The zero-order valence-electron chi connectivity index (χ0n) is 24.4. The summed E-state index contributed by atoms with van der Waals surface area (Å²) in [5.41, 5.74) is 0.543. The highest BCUT2D eigenvalue weighted by atomic mass is 16.6. The molecule has 40 heavy (non-hydrogen) atoms. The van der Waals surface area contributed by atoms with Crippen molar-refractivity contribution in [2.24, 2.45) is 5.41 Å². The van der Waals surface area contributed by atoms with Crippen LogP contribution in [0.4, 0.5) is 4.79 Å². The van der Waals surface area contributed by atoms with Crippen LogP contribution in [0.25, 0.3) is 11.5 Å². The Bertz CT molecular complexity index is 1330. The number of carbonyl (C=O) groups is 1. The summed E-state index contributed by atoms with van der Waals surface area (Å²) in [6.45, 7) is 14.0. The summed E-state index contributed by atoms with van der Waals surface area (Å²) in [4.78, 5) is 23.5. The molecule has 2 aliphatic rings. The van der Waals surface area contributed by atoms with Gasteiger partial charge in [0.2, 0.25) is 5.89 Å². The molecule has 0 aliphatic carbocycles. The van der Waals surface area contributed by atoms with Crippen molar-refractivity contribution in [1.29, 1.82) is 0 Å². The van der Waals surface area contributed by atoms with Crippen molar-refractivity contribution in [3.05, 3.63) is 71.4 Å². The van der Waals surface area contributed by atoms with E-state index in [-0.39, 0.29) is 12.0 Å². The van der Waals surface area contributed by atoms with Crippen molar-refractivity contribution in [2.45, 2.75) is 77.4 Å². The van der Waals surface area contributed by atoms with Gasteiger partial charge in [-0.3, -0.25) is 4.98 Å². The van der Waals surface area contributed by atoms with Crippen molar-refractivity contribution in [2.75, 3.05) is 26.3 Å². The minimum atomic E-state index is -1.43. The molecule has 2 aliphatic heterocycles. The van der Waals surface area contributed by atoms with Crippen LogP contribution < -0.4 is 0 Å². The first-order valence-electron chi connectivity index (χ1n) is 14.2. The van der Waals surface area contributed by atoms with Crippen LogP contribution in [0.15, 0.2) is 53.3 Å². The number of benzene rings is 1. The van der Waals surface area contributed by atoms with Crippen molar-refractivity contribution in [3.8, 4) is 11.5 Å². The first-order chi connectivity index (χ1) is 18.9. The lowest BCUT2D eigenvalue weighted by atomic mass is 9.62. The zero-order chi connectivity index (χ0) is 28.7. The number of nitrogens with zero attached hydrogens (tertiary/aromatic N) is 3. The van der Waals surface area contributed by atoms with Crippen molar-refractivity contribution in [3.63, 3.8) is 0 Å². The molecule has 1 aromatic carbocycles. The van der Waals surface area contributed by atoms with Crippen LogP contribution in [0.2, 0.25) is 0 Å². The molecule has 4 heterocycles. The third-order valence-corrected chi connectivity index (χ3v) is 8.15. The molecule has 1 atom stereocenters. The summed E-state index contributed by atoms with van der Waals surface area (Å²) in [5, 5.41) is 12.7. The van der Waals surface area contributed by atoms with Gasteiger partial charge in [0.1, 0.15) is 17.0 Å². The molecule has 214 valence electrons. The fourth-order valence-corrected chi connectivity index (χ4v) is 5.80. The van der Waals surface area contributed by atoms with E-state index in [0.29, 0.717) is 36.0 Å². The summed E-state index contributed by atoms with van der Waals surface area (Å²) < 4.78 is 17.3. The van der Waals surface area contributed by atoms with Gasteiger partial charge >= 0.3 is 6.09 Å². The third kappa shape index (κ3) is 5.39. The van der Waals surface area contributed by atoms with E-state index < -0.39 is 16.6 Å². The smallest absolute Gasteiger partial charge is 0.410 e. The average molecular weight is 548 g/mol. The molecule has 2 aromatic heterocycles. The fourth-order valence-electron chi connectivity index (χ4n) is 5.80. The maximum absolute atomic E-state index is 12.8. The SMILES string of the molecule is CC(C)c1ccc([C@](O)(c2cncc(-c3ncc(C4CCOCC4)o3)c2)C2(C)CN(C(=O)OC(C)(C)C)C2)cc1. The highest BCUT2D eigenvalue weighted by Crippen LogP contribution is 2.51. The number of aliphatic hydroxyl groups is 1. The summed E-state index contributed by atoms with van der Waals surface area (Å²) in [6, 6.07) is 9.99. The second kappa shape index (κ2) is 10.6. The van der Waals surface area contributed by atoms with Gasteiger partial charge in [-0.15, -0.1) is 0 Å². The molecule has 2 saturated heterocycles. The second-order valence-corrected chi connectivity index (χ2v) is 12.8. The molecule has 8 heteroatoms. The number of pyridine rings is 1. The van der Waals surface area contributed by atoms with E-state index in [9.17, 15) is 9.90 Å². The first kappa shape index (κ1) is 28.3. The minimum absolute atomic E-state index is 0.287. The predicted molar refractivity (Wildman–Crippen MR) is 152 cm³/mol. The van der Waals surface area contributed by atoms with E-state index >= 15 is 0 Å². The Balaban J connectivity index is 1.50. The van der Waals surface area contributed by atoms with Gasteiger partial charge in [-0.25, -0.2) is 9.78 Å². The second-order valence-electron chi connectivity index (χ2n) is 12.8. The molecule has 1 amide bonds. The molecule has 5 rings (SSSR count). The number of amides is 1. The van der Waals surface area contributed by atoms with Crippen molar-refractivity contribution in [1.82, 2.24) is 14.9 Å². The van der Waals surface area contributed by atoms with Crippen LogP contribution in [-0.4, -0.2) is 58.0 Å². The molecule has 0 radical (unpaired) electrons. The van der Waals surface area contributed by atoms with Crippen LogP contribution in [0.5, 0.6) is 0 Å². The van der Waals surface area contributed by atoms with Crippen LogP contribution in [0.1, 0.15) is 88.7 Å². The van der Waals surface area contributed by atoms with Gasteiger partial charge in [0.25, 0.3) is 0 Å². The van der Waals surface area contributed by atoms with Gasteiger partial charge in [-0.1, -0.05) is 45.0 Å². The number of oxazole rings is 1. The maximum atomic E-state index is 12.8. The first-order valence-corrected chi connectivity index (χ1v) is 14.2. The Morgan fingerprint density at radius 3 is 2.38 bits per heavy atom. The van der Waals surface area contributed by atoms with Gasteiger partial charge in [0, 0.05) is 55.6 Å². The van der Waals surface area contributed by atoms with E-state index in [1.807, 2.05) is 45.9 Å². The third-order valence-electron chi connectivity index (χ3n) is 8.15. The topological polar surface area (TPSA) is 97.9 Å². The lowest BCUT2D eigenvalue weighted by molar-refractivity contribution is -0.131. The summed E-state index contributed by atoms with van der Waals surface area (Å²) >= 11 is 0. The quantitative estimate of drug-likeness (QED) is 0.390. The normalized spacial score (nSPS) is 19.2. The van der Waals surface area contributed by atoms with E-state index in [1.165, 1.54) is 5.56 Å². The Kier molecular flexibility index (Phi) is 7.52. The molecule has 0 saturated carbocycles. The van der Waals surface area contributed by atoms with E-state index in [4.69, 9.17) is 13.9 Å². The standard InChI is InChI=1S/C32H41N3O5/c1-21(2)22-7-9-25(10-8-22)32(37,31(6)19-35(20-31)29(36)40-30(3,4)5)26-15-24(16-33-17-26)28-34-18-27(39-28)23-11-13-38-14-12-23/h7-10,15-18,21,23,37H,11-14,19-20H2,1-6H3/t32-/m0/s1. The van der Waals surface area contributed by atoms with Crippen LogP contribution in [0.3, 0.4) is 0 Å². The number of likely N-dealkylation sites (tertiary alicyclic amines) is 1. The van der Waals surface area contributed by atoms with E-state index in [0.717, 1.165) is 37.4 Å². The Morgan fingerprint density at radius 2 is 1.75 bits per heavy atom. The van der Waals surface area contributed by atoms with Crippen molar-refractivity contribution >= 4 is 6.09 Å². The fraction of sp³-hybridized carbons (Fsp3) is 0.531. The number of rotatable bonds is 6. The highest BCUT2D eigenvalue weighted by Gasteiger charge is 2.58. The highest BCUT2D eigenvalue weighted by molar-refractivity contribution is 5.70. The monoisotopic (exact) mass is 547 g/mol. The lowest BCUT2D eigenvalue weighted by Gasteiger charge is -2.56. The summed E-state index contributed by atoms with van der Waals surface area (Å²) in [7, 11) is 0. The molecular weight excluding hydrogens is 506 g/mol. The molecular formula is C32H41N3O5. The molecule has 0 bridgehead atoms. The molecule has 2 fully saturated rings. The average Bonchev–Trinajstić information content (AvgIpc) is 3.41. The summed E-state index contributed by atoms with van der Waals surface area (Å²) in [5.74, 6) is 1.98. The van der Waals surface area contributed by atoms with Gasteiger partial charge in [0.15, 0.2) is 0 Å². The number of hydrogen-bond acceptors (Lipinski definition) is 7. The number of hydrogen-bond donors (Lipinski definition) is 1. The summed E-state index contributed by atoms with van der Waals surface area (Å²) in [6.07, 6.45) is 6.64. The molecule has 8 nitrogen and oxygen atoms in total. The van der Waals surface area contributed by atoms with Crippen molar-refractivity contribution < 1.29 is 23.8 Å². The van der Waals surface area contributed by atoms with Crippen LogP contribution >= 0.6 is 0 Å². The van der Waals surface area contributed by atoms with Gasteiger partial charge in [-0.2, -0.15) is 0 Å². The van der Waals surface area contributed by atoms with E-state index in [2.05, 4.69) is 35.9 Å². The molecule has 0 spiro atoms.